The Morgan fingerprint density at radius 2 is 1.25 bits per heavy atom. The number of aryl methyl sites for hydroxylation is 1. The van der Waals surface area contributed by atoms with E-state index in [4.69, 9.17) is 18.6 Å². The maximum Gasteiger partial charge on any atom is 0.408 e. The smallest absolute Gasteiger partial charge is 0.408 e. The van der Waals surface area contributed by atoms with Crippen molar-refractivity contribution in [3.05, 3.63) is 76.1 Å². The zero-order valence-electron chi connectivity index (χ0n) is 32.8. The molecule has 5 N–H and O–H groups in total. The number of amides is 5. The molecule has 0 aliphatic rings. The molecule has 2 aromatic carbocycles. The van der Waals surface area contributed by atoms with Crippen LogP contribution in [0.3, 0.4) is 0 Å². The number of carbonyl (C=O) groups is 5. The number of hydrogen-bond acceptors (Lipinski definition) is 10. The average Bonchev–Trinajstić information content (AvgIpc) is 3.08. The van der Waals surface area contributed by atoms with Gasteiger partial charge in [-0.25, -0.2) is 19.2 Å². The van der Waals surface area contributed by atoms with Crippen molar-refractivity contribution >= 4 is 46.8 Å². The number of unbranched alkanes of at least 4 members (excludes halogenated alkanes) is 2. The van der Waals surface area contributed by atoms with Crippen LogP contribution in [-0.2, 0) is 30.4 Å². The second-order valence-corrected chi connectivity index (χ2v) is 15.1. The highest BCUT2D eigenvalue weighted by atomic mass is 16.6. The Morgan fingerprint density at radius 3 is 1.82 bits per heavy atom. The molecule has 3 rings (SSSR count). The predicted octanol–water partition coefficient (Wildman–Crippen LogP) is 6.21. The Bertz CT molecular complexity index is 1810. The summed E-state index contributed by atoms with van der Waals surface area (Å²) in [6.07, 6.45) is 0.173. The third-order valence-electron chi connectivity index (χ3n) is 7.85. The van der Waals surface area contributed by atoms with Gasteiger partial charge in [-0.1, -0.05) is 30.3 Å². The predicted molar refractivity (Wildman–Crippen MR) is 208 cm³/mol. The highest BCUT2D eigenvalue weighted by molar-refractivity contribution is 5.99. The van der Waals surface area contributed by atoms with Crippen molar-refractivity contribution in [2.45, 2.75) is 117 Å². The molecular formula is C40H55N5O10. The highest BCUT2D eigenvalue weighted by Crippen LogP contribution is 2.21. The maximum atomic E-state index is 13.8. The van der Waals surface area contributed by atoms with Crippen LogP contribution in [0.2, 0.25) is 0 Å². The highest BCUT2D eigenvalue weighted by Gasteiger charge is 2.27. The molecule has 0 unspecified atom stereocenters. The van der Waals surface area contributed by atoms with Crippen LogP contribution in [0.5, 0.6) is 0 Å². The summed E-state index contributed by atoms with van der Waals surface area (Å²) in [7, 11) is 0. The number of anilines is 1. The third-order valence-corrected chi connectivity index (χ3v) is 7.85. The first kappa shape index (κ1) is 43.8. The van der Waals surface area contributed by atoms with Crippen molar-refractivity contribution in [1.29, 1.82) is 0 Å². The molecule has 0 aliphatic heterocycles. The molecule has 1 aromatic heterocycles. The monoisotopic (exact) mass is 765 g/mol. The molecule has 5 amide bonds. The number of nitrogens with one attached hydrogen (secondary N) is 5. The zero-order valence-corrected chi connectivity index (χ0v) is 32.8. The lowest BCUT2D eigenvalue weighted by Gasteiger charge is -2.23. The normalized spacial score (nSPS) is 12.5. The molecule has 0 bridgehead atoms. The molecule has 0 saturated carbocycles. The van der Waals surface area contributed by atoms with Crippen LogP contribution in [-0.4, -0.2) is 66.5 Å². The molecule has 3 aromatic rings. The Kier molecular flexibility index (Phi) is 16.5. The van der Waals surface area contributed by atoms with E-state index in [0.29, 0.717) is 36.8 Å². The quantitative estimate of drug-likeness (QED) is 0.0597. The molecule has 15 heteroatoms. The van der Waals surface area contributed by atoms with Crippen LogP contribution in [0.15, 0.2) is 63.8 Å². The van der Waals surface area contributed by atoms with Gasteiger partial charge in [-0.2, -0.15) is 0 Å². The van der Waals surface area contributed by atoms with E-state index in [1.165, 1.54) is 12.1 Å². The fraction of sp³-hybridized carbons (Fsp3) is 0.500. The van der Waals surface area contributed by atoms with E-state index >= 15 is 0 Å². The van der Waals surface area contributed by atoms with E-state index in [9.17, 15) is 28.8 Å². The van der Waals surface area contributed by atoms with E-state index in [1.807, 2.05) is 18.2 Å². The van der Waals surface area contributed by atoms with E-state index in [2.05, 4.69) is 26.6 Å². The number of benzene rings is 2. The summed E-state index contributed by atoms with van der Waals surface area (Å²) in [4.78, 5) is 76.6. The Hall–Kier alpha value is -5.60. The fourth-order valence-corrected chi connectivity index (χ4v) is 5.31. The number of alkyl carbamates (subject to hydrolysis) is 3. The lowest BCUT2D eigenvalue weighted by atomic mass is 10.1. The minimum atomic E-state index is -1.09. The van der Waals surface area contributed by atoms with Crippen molar-refractivity contribution in [3.63, 3.8) is 0 Å². The van der Waals surface area contributed by atoms with Crippen molar-refractivity contribution in [2.24, 2.45) is 0 Å². The van der Waals surface area contributed by atoms with Gasteiger partial charge in [-0.05, 0) is 110 Å². The molecule has 0 radical (unpaired) electrons. The largest absolute Gasteiger partial charge is 0.445 e. The van der Waals surface area contributed by atoms with Gasteiger partial charge in [0.1, 0.15) is 35.5 Å². The van der Waals surface area contributed by atoms with E-state index in [1.54, 1.807) is 72.7 Å². The standard InChI is InChI=1S/C40H55N5O10/c1-26-23-33(46)53-32-24-28(19-20-29(26)32)43-34(47)30(17-11-13-21-41-36(49)54-39(2,3)4)44-35(48)31(18-12-14-22-42-37(50)55-40(5,6)7)45-38(51)52-25-27-15-9-8-10-16-27/h8-10,15-16,19-20,23-24,30-31H,11-14,17-18,21-22,25H2,1-7H3,(H,41,49)(H,42,50)(H,43,47)(H,44,48)(H,45,51)/t30-,31-/m0/s1. The van der Waals surface area contributed by atoms with Gasteiger partial charge in [0, 0.05) is 36.3 Å². The second kappa shape index (κ2) is 20.7. The van der Waals surface area contributed by atoms with Gasteiger partial charge in [-0.3, -0.25) is 9.59 Å². The Balaban J connectivity index is 1.73. The summed E-state index contributed by atoms with van der Waals surface area (Å²) in [5, 5.41) is 14.3. The third kappa shape index (κ3) is 17.0. The van der Waals surface area contributed by atoms with Gasteiger partial charge < -0.3 is 45.2 Å². The fourth-order valence-electron chi connectivity index (χ4n) is 5.31. The van der Waals surface area contributed by atoms with Gasteiger partial charge in [0.25, 0.3) is 0 Å². The number of carbonyl (C=O) groups excluding carboxylic acids is 5. The molecule has 2 atom stereocenters. The van der Waals surface area contributed by atoms with Crippen LogP contribution in [0.25, 0.3) is 11.0 Å². The molecule has 55 heavy (non-hydrogen) atoms. The molecule has 300 valence electrons. The SMILES string of the molecule is Cc1cc(=O)oc2cc(NC(=O)[C@H](CCCCNC(=O)OC(C)(C)C)NC(=O)[C@H](CCCCNC(=O)OC(C)(C)C)NC(=O)OCc3ccccc3)ccc12. The van der Waals surface area contributed by atoms with Crippen LogP contribution < -0.4 is 32.2 Å². The van der Waals surface area contributed by atoms with Crippen molar-refractivity contribution in [1.82, 2.24) is 21.3 Å². The Labute approximate surface area is 321 Å². The lowest BCUT2D eigenvalue weighted by molar-refractivity contribution is -0.128. The summed E-state index contributed by atoms with van der Waals surface area (Å²) >= 11 is 0. The minimum Gasteiger partial charge on any atom is -0.445 e. The number of fused-ring (bicyclic) bond motifs is 1. The minimum absolute atomic E-state index is 0.0193. The topological polar surface area (TPSA) is 203 Å². The van der Waals surface area contributed by atoms with Gasteiger partial charge in [0.05, 0.1) is 0 Å². The molecule has 0 fully saturated rings. The first-order valence-corrected chi connectivity index (χ1v) is 18.5. The molecular weight excluding hydrogens is 710 g/mol. The van der Waals surface area contributed by atoms with Gasteiger partial charge in [-0.15, -0.1) is 0 Å². The second-order valence-electron chi connectivity index (χ2n) is 15.1. The first-order chi connectivity index (χ1) is 25.9. The summed E-state index contributed by atoms with van der Waals surface area (Å²) in [5.41, 5.74) is 0.264. The van der Waals surface area contributed by atoms with Gasteiger partial charge >= 0.3 is 23.9 Å². The number of hydrogen-bond donors (Lipinski definition) is 5. The molecule has 0 saturated heterocycles. The van der Waals surface area contributed by atoms with Gasteiger partial charge in [0.2, 0.25) is 11.8 Å². The lowest BCUT2D eigenvalue weighted by Crippen LogP contribution is -2.52. The number of ether oxygens (including phenoxy) is 3. The van der Waals surface area contributed by atoms with Crippen molar-refractivity contribution < 1.29 is 42.6 Å². The zero-order chi connectivity index (χ0) is 40.6. The van der Waals surface area contributed by atoms with Crippen molar-refractivity contribution in [3.8, 4) is 0 Å². The summed E-state index contributed by atoms with van der Waals surface area (Å²) < 4.78 is 21.3. The maximum absolute atomic E-state index is 13.8. The number of rotatable bonds is 17. The van der Waals surface area contributed by atoms with Crippen LogP contribution >= 0.6 is 0 Å². The van der Waals surface area contributed by atoms with Gasteiger partial charge in [0.15, 0.2) is 0 Å². The molecule has 0 aliphatic carbocycles. The van der Waals surface area contributed by atoms with E-state index in [-0.39, 0.29) is 38.1 Å². The Morgan fingerprint density at radius 1 is 0.691 bits per heavy atom. The van der Waals surface area contributed by atoms with Crippen LogP contribution in [0, 0.1) is 6.92 Å². The van der Waals surface area contributed by atoms with E-state index in [0.717, 1.165) is 11.1 Å². The molecule has 15 nitrogen and oxygen atoms in total. The summed E-state index contributed by atoms with van der Waals surface area (Å²) in [6, 6.07) is 13.2. The molecule has 1 heterocycles. The average molecular weight is 766 g/mol. The van der Waals surface area contributed by atoms with E-state index < -0.39 is 59.0 Å². The van der Waals surface area contributed by atoms with Crippen LogP contribution in [0.1, 0.15) is 91.2 Å². The first-order valence-electron chi connectivity index (χ1n) is 18.5. The molecule has 0 spiro atoms. The summed E-state index contributed by atoms with van der Waals surface area (Å²) in [5.74, 6) is -1.17. The van der Waals surface area contributed by atoms with Crippen molar-refractivity contribution in [2.75, 3.05) is 18.4 Å². The van der Waals surface area contributed by atoms with Crippen LogP contribution in [0.4, 0.5) is 20.1 Å². The summed E-state index contributed by atoms with van der Waals surface area (Å²) in [6.45, 7) is 12.9.